The summed E-state index contributed by atoms with van der Waals surface area (Å²) in [7, 11) is -3.83. The second-order valence-corrected chi connectivity index (χ2v) is 8.87. The summed E-state index contributed by atoms with van der Waals surface area (Å²) < 4.78 is 50.3. The number of rotatable bonds is 4. The number of hydrogen-bond acceptors (Lipinski definition) is 7. The molecule has 1 fully saturated rings. The topological polar surface area (TPSA) is 103 Å². The number of anilines is 1. The average Bonchev–Trinajstić information content (AvgIpc) is 3.12. The number of fused-ring (bicyclic) bond motifs is 2. The predicted octanol–water partition coefficient (Wildman–Crippen LogP) is 1.31. The molecule has 9 nitrogen and oxygen atoms in total. The first-order valence-corrected chi connectivity index (χ1v) is 11.1. The van der Waals surface area contributed by atoms with Gasteiger partial charge in [0.05, 0.1) is 4.90 Å². The summed E-state index contributed by atoms with van der Waals surface area (Å²) >= 11 is 0. The summed E-state index contributed by atoms with van der Waals surface area (Å²) in [6.07, 6.45) is 0.0677. The van der Waals surface area contributed by atoms with Gasteiger partial charge >= 0.3 is 0 Å². The highest BCUT2D eigenvalue weighted by Crippen LogP contribution is 2.36. The van der Waals surface area contributed by atoms with Crippen LogP contribution in [0.1, 0.15) is 6.42 Å². The zero-order chi connectivity index (χ0) is 20.7. The molecule has 5 rings (SSSR count). The normalized spacial score (nSPS) is 20.3. The molecule has 3 aliphatic heterocycles. The lowest BCUT2D eigenvalue weighted by atomic mass is 10.2. The highest BCUT2D eigenvalue weighted by molar-refractivity contribution is 7.89. The van der Waals surface area contributed by atoms with E-state index in [9.17, 15) is 13.2 Å². The van der Waals surface area contributed by atoms with Gasteiger partial charge in [0.25, 0.3) is 0 Å². The van der Waals surface area contributed by atoms with Crippen molar-refractivity contribution in [2.24, 2.45) is 0 Å². The fraction of sp³-hybridized carbons (Fsp3) is 0.350. The second kappa shape index (κ2) is 7.37. The van der Waals surface area contributed by atoms with Gasteiger partial charge in [-0.15, -0.1) is 0 Å². The van der Waals surface area contributed by atoms with Crippen LogP contribution in [0.4, 0.5) is 5.69 Å². The van der Waals surface area contributed by atoms with Crippen LogP contribution in [0.2, 0.25) is 0 Å². The molecule has 3 heterocycles. The lowest BCUT2D eigenvalue weighted by Gasteiger charge is -2.22. The first-order chi connectivity index (χ1) is 14.5. The molecule has 0 saturated carbocycles. The van der Waals surface area contributed by atoms with Crippen LogP contribution in [-0.4, -0.2) is 53.3 Å². The van der Waals surface area contributed by atoms with Crippen molar-refractivity contribution in [3.63, 3.8) is 0 Å². The van der Waals surface area contributed by atoms with Crippen molar-refractivity contribution in [1.82, 2.24) is 4.72 Å². The van der Waals surface area contributed by atoms with Crippen LogP contribution in [0.3, 0.4) is 0 Å². The number of carbonyl (C=O) groups excluding carboxylic acids is 1. The molecule has 3 aliphatic rings. The van der Waals surface area contributed by atoms with Crippen LogP contribution in [0.25, 0.3) is 0 Å². The molecular formula is C20H20N2O7S. The molecule has 0 unspecified atom stereocenters. The fourth-order valence-corrected chi connectivity index (χ4v) is 4.96. The quantitative estimate of drug-likeness (QED) is 0.777. The first kappa shape index (κ1) is 19.0. The van der Waals surface area contributed by atoms with Crippen LogP contribution in [0.5, 0.6) is 23.0 Å². The van der Waals surface area contributed by atoms with Gasteiger partial charge in [0.15, 0.2) is 23.0 Å². The Labute approximate surface area is 173 Å². The van der Waals surface area contributed by atoms with Crippen molar-refractivity contribution < 1.29 is 32.2 Å². The van der Waals surface area contributed by atoms with Crippen LogP contribution in [-0.2, 0) is 14.8 Å². The molecule has 2 aromatic rings. The van der Waals surface area contributed by atoms with E-state index in [1.165, 1.54) is 12.1 Å². The van der Waals surface area contributed by atoms with Crippen molar-refractivity contribution in [3.05, 3.63) is 36.4 Å². The Hall–Kier alpha value is -2.98. The molecule has 1 saturated heterocycles. The molecule has 0 aliphatic carbocycles. The van der Waals surface area contributed by atoms with Crippen molar-refractivity contribution in [1.29, 1.82) is 0 Å². The van der Waals surface area contributed by atoms with Crippen LogP contribution in [0, 0.1) is 0 Å². The Morgan fingerprint density at radius 2 is 1.43 bits per heavy atom. The molecule has 10 heteroatoms. The molecule has 0 radical (unpaired) electrons. The van der Waals surface area contributed by atoms with E-state index < -0.39 is 16.1 Å². The highest BCUT2D eigenvalue weighted by atomic mass is 32.2. The van der Waals surface area contributed by atoms with E-state index in [2.05, 4.69) is 4.72 Å². The number of sulfonamides is 1. The van der Waals surface area contributed by atoms with E-state index in [4.69, 9.17) is 18.9 Å². The largest absolute Gasteiger partial charge is 0.486 e. The average molecular weight is 432 g/mol. The zero-order valence-corrected chi connectivity index (χ0v) is 16.8. The maximum Gasteiger partial charge on any atom is 0.241 e. The molecule has 1 N–H and O–H groups in total. The Kier molecular flexibility index (Phi) is 4.67. The van der Waals surface area contributed by atoms with Crippen molar-refractivity contribution in [2.75, 3.05) is 37.9 Å². The smallest absolute Gasteiger partial charge is 0.241 e. The highest BCUT2D eigenvalue weighted by Gasteiger charge is 2.34. The number of ether oxygens (including phenoxy) is 4. The van der Waals surface area contributed by atoms with Gasteiger partial charge < -0.3 is 23.8 Å². The van der Waals surface area contributed by atoms with Crippen LogP contribution < -0.4 is 28.6 Å². The molecule has 2 aromatic carbocycles. The number of hydrogen-bond donors (Lipinski definition) is 1. The van der Waals surface area contributed by atoms with Gasteiger partial charge in [-0.3, -0.25) is 4.79 Å². The van der Waals surface area contributed by atoms with Gasteiger partial charge in [0.1, 0.15) is 26.4 Å². The van der Waals surface area contributed by atoms with Crippen molar-refractivity contribution in [3.8, 4) is 23.0 Å². The van der Waals surface area contributed by atoms with Gasteiger partial charge in [-0.25, -0.2) is 13.1 Å². The van der Waals surface area contributed by atoms with E-state index in [0.29, 0.717) is 55.1 Å². The predicted molar refractivity (Wildman–Crippen MR) is 106 cm³/mol. The maximum atomic E-state index is 12.8. The maximum absolute atomic E-state index is 12.8. The molecule has 0 bridgehead atoms. The molecule has 30 heavy (non-hydrogen) atoms. The number of benzene rings is 2. The molecule has 0 aromatic heterocycles. The summed E-state index contributed by atoms with van der Waals surface area (Å²) in [6.45, 7) is 1.95. The van der Waals surface area contributed by atoms with E-state index in [1.54, 1.807) is 29.2 Å². The molecule has 158 valence electrons. The zero-order valence-electron chi connectivity index (χ0n) is 16.0. The van der Waals surface area contributed by atoms with Crippen molar-refractivity contribution in [2.45, 2.75) is 17.4 Å². The van der Waals surface area contributed by atoms with Gasteiger partial charge in [0.2, 0.25) is 15.9 Å². The Balaban J connectivity index is 1.32. The van der Waals surface area contributed by atoms with Gasteiger partial charge in [-0.1, -0.05) is 0 Å². The number of nitrogens with zero attached hydrogens (tertiary/aromatic N) is 1. The lowest BCUT2D eigenvalue weighted by Crippen LogP contribution is -2.37. The summed E-state index contributed by atoms with van der Waals surface area (Å²) in [4.78, 5) is 14.2. The van der Waals surface area contributed by atoms with Gasteiger partial charge in [-0.2, -0.15) is 0 Å². The SMILES string of the molecule is O=C1C[C@@H](NS(=O)(=O)c2ccc3c(c2)OCCO3)CN1c1ccc2c(c1)OCCO2. The standard InChI is InChI=1S/C20H20N2O7S/c23-20-9-13(12-22(20)14-1-3-16-18(10-14)28-7-5-26-16)21-30(24,25)15-2-4-17-19(11-15)29-8-6-27-17/h1-4,10-11,13,21H,5-9,12H2/t13-/m1/s1. The van der Waals surface area contributed by atoms with Gasteiger partial charge in [0, 0.05) is 36.8 Å². The van der Waals surface area contributed by atoms with E-state index in [-0.39, 0.29) is 23.8 Å². The fourth-order valence-electron chi connectivity index (χ4n) is 3.71. The molecule has 0 spiro atoms. The van der Waals surface area contributed by atoms with Crippen LogP contribution in [0.15, 0.2) is 41.3 Å². The Bertz CT molecular complexity index is 1100. The van der Waals surface area contributed by atoms with E-state index in [0.717, 1.165) is 0 Å². The minimum Gasteiger partial charge on any atom is -0.486 e. The lowest BCUT2D eigenvalue weighted by molar-refractivity contribution is -0.117. The second-order valence-electron chi connectivity index (χ2n) is 7.16. The minimum atomic E-state index is -3.83. The summed E-state index contributed by atoms with van der Waals surface area (Å²) in [5.74, 6) is 1.95. The molecule has 1 atom stereocenters. The van der Waals surface area contributed by atoms with Gasteiger partial charge in [-0.05, 0) is 24.3 Å². The monoisotopic (exact) mass is 432 g/mol. The Morgan fingerprint density at radius 3 is 2.13 bits per heavy atom. The molecular weight excluding hydrogens is 412 g/mol. The van der Waals surface area contributed by atoms with E-state index in [1.807, 2.05) is 0 Å². The Morgan fingerprint density at radius 1 is 0.833 bits per heavy atom. The third-order valence-electron chi connectivity index (χ3n) is 5.11. The third-order valence-corrected chi connectivity index (χ3v) is 6.63. The minimum absolute atomic E-state index is 0.0666. The number of nitrogens with one attached hydrogen (secondary N) is 1. The summed E-state index contributed by atoms with van der Waals surface area (Å²) in [5, 5.41) is 0. The summed E-state index contributed by atoms with van der Waals surface area (Å²) in [5.41, 5.74) is 0.644. The molecule has 1 amide bonds. The summed E-state index contributed by atoms with van der Waals surface area (Å²) in [6, 6.07) is 9.18. The van der Waals surface area contributed by atoms with Crippen LogP contribution >= 0.6 is 0 Å². The van der Waals surface area contributed by atoms with E-state index >= 15 is 0 Å². The third kappa shape index (κ3) is 3.52. The number of amides is 1. The first-order valence-electron chi connectivity index (χ1n) is 9.62. The van der Waals surface area contributed by atoms with Crippen molar-refractivity contribution >= 4 is 21.6 Å². The number of carbonyl (C=O) groups is 1.